The van der Waals surface area contributed by atoms with Crippen LogP contribution in [-0.4, -0.2) is 23.7 Å². The topological polar surface area (TPSA) is 75.4 Å². The smallest absolute Gasteiger partial charge is 0.251 e. The van der Waals surface area contributed by atoms with Gasteiger partial charge in [-0.15, -0.1) is 0 Å². The lowest BCUT2D eigenvalue weighted by atomic mass is 10.1. The van der Waals surface area contributed by atoms with Crippen molar-refractivity contribution in [2.24, 2.45) is 0 Å². The Morgan fingerprint density at radius 1 is 1.60 bits per heavy atom. The van der Waals surface area contributed by atoms with E-state index in [1.807, 2.05) is 6.92 Å². The summed E-state index contributed by atoms with van der Waals surface area (Å²) in [6, 6.07) is 5.18. The summed E-state index contributed by atoms with van der Waals surface area (Å²) in [5, 5.41) is 11.7. The van der Waals surface area contributed by atoms with Crippen molar-refractivity contribution in [2.45, 2.75) is 20.0 Å². The molecule has 15 heavy (non-hydrogen) atoms. The van der Waals surface area contributed by atoms with Gasteiger partial charge in [-0.25, -0.2) is 0 Å². The van der Waals surface area contributed by atoms with Gasteiger partial charge in [0.05, 0.1) is 6.10 Å². The molecule has 4 nitrogen and oxygen atoms in total. The van der Waals surface area contributed by atoms with E-state index in [1.165, 1.54) is 0 Å². The van der Waals surface area contributed by atoms with Gasteiger partial charge in [-0.1, -0.05) is 6.07 Å². The van der Waals surface area contributed by atoms with Gasteiger partial charge in [-0.05, 0) is 31.5 Å². The number of aryl methyl sites for hydroxylation is 1. The van der Waals surface area contributed by atoms with Gasteiger partial charge in [0.15, 0.2) is 0 Å². The molecule has 0 aliphatic heterocycles. The molecule has 4 heteroatoms. The highest BCUT2D eigenvalue weighted by Crippen LogP contribution is 2.12. The van der Waals surface area contributed by atoms with Crippen LogP contribution in [0.5, 0.6) is 0 Å². The van der Waals surface area contributed by atoms with Crippen LogP contribution in [0, 0.1) is 6.92 Å². The van der Waals surface area contributed by atoms with E-state index in [-0.39, 0.29) is 12.5 Å². The Hall–Kier alpha value is -1.55. The molecule has 0 aliphatic carbocycles. The summed E-state index contributed by atoms with van der Waals surface area (Å²) in [5.74, 6) is -0.208. The molecule has 0 radical (unpaired) electrons. The molecule has 1 rings (SSSR count). The average Bonchev–Trinajstić information content (AvgIpc) is 2.18. The van der Waals surface area contributed by atoms with Crippen molar-refractivity contribution in [3.63, 3.8) is 0 Å². The van der Waals surface area contributed by atoms with E-state index in [1.54, 1.807) is 25.1 Å². The summed E-state index contributed by atoms with van der Waals surface area (Å²) in [4.78, 5) is 11.6. The second kappa shape index (κ2) is 4.79. The Morgan fingerprint density at radius 3 is 2.87 bits per heavy atom. The number of aliphatic hydroxyl groups excluding tert-OH is 1. The number of nitrogen functional groups attached to an aromatic ring is 1. The van der Waals surface area contributed by atoms with Gasteiger partial charge in [0.2, 0.25) is 0 Å². The zero-order valence-corrected chi connectivity index (χ0v) is 8.95. The van der Waals surface area contributed by atoms with Crippen LogP contribution in [0.25, 0.3) is 0 Å². The van der Waals surface area contributed by atoms with Crippen LogP contribution < -0.4 is 11.1 Å². The van der Waals surface area contributed by atoms with Crippen LogP contribution in [0.2, 0.25) is 0 Å². The Morgan fingerprint density at radius 2 is 2.27 bits per heavy atom. The Kier molecular flexibility index (Phi) is 3.68. The average molecular weight is 208 g/mol. The third-order valence-corrected chi connectivity index (χ3v) is 2.06. The fraction of sp³-hybridized carbons (Fsp3) is 0.364. The first-order chi connectivity index (χ1) is 7.00. The van der Waals surface area contributed by atoms with Crippen LogP contribution in [0.4, 0.5) is 5.69 Å². The molecule has 1 amide bonds. The van der Waals surface area contributed by atoms with Gasteiger partial charge >= 0.3 is 0 Å². The number of hydrogen-bond donors (Lipinski definition) is 3. The lowest BCUT2D eigenvalue weighted by Crippen LogP contribution is -2.31. The third kappa shape index (κ3) is 3.25. The number of anilines is 1. The highest BCUT2D eigenvalue weighted by molar-refractivity contribution is 5.96. The second-order valence-electron chi connectivity index (χ2n) is 3.63. The fourth-order valence-electron chi connectivity index (χ4n) is 1.22. The lowest BCUT2D eigenvalue weighted by molar-refractivity contribution is 0.0923. The molecule has 4 N–H and O–H groups in total. The van der Waals surface area contributed by atoms with E-state index < -0.39 is 6.10 Å². The van der Waals surface area contributed by atoms with Crippen LogP contribution in [-0.2, 0) is 0 Å². The number of carbonyl (C=O) groups is 1. The maximum atomic E-state index is 11.6. The highest BCUT2D eigenvalue weighted by Gasteiger charge is 2.09. The molecule has 1 aromatic carbocycles. The summed E-state index contributed by atoms with van der Waals surface area (Å²) < 4.78 is 0. The molecule has 0 bridgehead atoms. The quantitative estimate of drug-likeness (QED) is 0.640. The third-order valence-electron chi connectivity index (χ3n) is 2.06. The number of amides is 1. The van der Waals surface area contributed by atoms with Crippen LogP contribution in [0.1, 0.15) is 22.8 Å². The first-order valence-corrected chi connectivity index (χ1v) is 4.83. The van der Waals surface area contributed by atoms with Crippen LogP contribution >= 0.6 is 0 Å². The first-order valence-electron chi connectivity index (χ1n) is 4.83. The summed E-state index contributed by atoms with van der Waals surface area (Å²) in [5.41, 5.74) is 7.57. The normalized spacial score (nSPS) is 12.2. The molecule has 1 atom stereocenters. The van der Waals surface area contributed by atoms with Crippen LogP contribution in [0.15, 0.2) is 18.2 Å². The Labute approximate surface area is 89.1 Å². The van der Waals surface area contributed by atoms with Gasteiger partial charge < -0.3 is 16.2 Å². The predicted molar refractivity (Wildman–Crippen MR) is 59.6 cm³/mol. The molecule has 0 fully saturated rings. The minimum Gasteiger partial charge on any atom is -0.399 e. The molecule has 0 unspecified atom stereocenters. The molecule has 0 saturated heterocycles. The van der Waals surface area contributed by atoms with Crippen molar-refractivity contribution < 1.29 is 9.90 Å². The standard InChI is InChI=1S/C11H16N2O2/c1-7-3-4-9(12)5-10(7)11(15)13-6-8(2)14/h3-5,8,14H,6,12H2,1-2H3,(H,13,15)/t8-/m1/s1. The number of benzene rings is 1. The maximum Gasteiger partial charge on any atom is 0.251 e. The molecule has 0 saturated carbocycles. The number of nitrogens with one attached hydrogen (secondary N) is 1. The van der Waals surface area contributed by atoms with Crippen molar-refractivity contribution in [1.29, 1.82) is 0 Å². The molecule has 1 aromatic rings. The minimum absolute atomic E-state index is 0.208. The molecule has 82 valence electrons. The van der Waals surface area contributed by atoms with Crippen molar-refractivity contribution in [3.05, 3.63) is 29.3 Å². The largest absolute Gasteiger partial charge is 0.399 e. The van der Waals surface area contributed by atoms with E-state index >= 15 is 0 Å². The van der Waals surface area contributed by atoms with E-state index in [2.05, 4.69) is 5.32 Å². The number of carbonyl (C=O) groups excluding carboxylic acids is 1. The number of rotatable bonds is 3. The van der Waals surface area contributed by atoms with E-state index in [9.17, 15) is 4.79 Å². The maximum absolute atomic E-state index is 11.6. The second-order valence-corrected chi connectivity index (χ2v) is 3.63. The van der Waals surface area contributed by atoms with Crippen LogP contribution in [0.3, 0.4) is 0 Å². The summed E-state index contributed by atoms with van der Waals surface area (Å²) in [6.07, 6.45) is -0.546. The predicted octanol–water partition coefficient (Wildman–Crippen LogP) is 0.688. The zero-order chi connectivity index (χ0) is 11.4. The SMILES string of the molecule is Cc1ccc(N)cc1C(=O)NC[C@@H](C)O. The van der Waals surface area contributed by atoms with Crippen molar-refractivity contribution in [2.75, 3.05) is 12.3 Å². The highest BCUT2D eigenvalue weighted by atomic mass is 16.3. The van der Waals surface area contributed by atoms with Crippen molar-refractivity contribution >= 4 is 11.6 Å². The minimum atomic E-state index is -0.546. The van der Waals surface area contributed by atoms with E-state index in [0.717, 1.165) is 5.56 Å². The van der Waals surface area contributed by atoms with Gasteiger partial charge in [-0.3, -0.25) is 4.79 Å². The zero-order valence-electron chi connectivity index (χ0n) is 8.95. The van der Waals surface area contributed by atoms with Gasteiger partial charge in [0.1, 0.15) is 0 Å². The van der Waals surface area contributed by atoms with Crippen molar-refractivity contribution in [3.8, 4) is 0 Å². The lowest BCUT2D eigenvalue weighted by Gasteiger charge is -2.09. The summed E-state index contributed by atoms with van der Waals surface area (Å²) >= 11 is 0. The fourth-order valence-corrected chi connectivity index (χ4v) is 1.22. The molecule has 0 aromatic heterocycles. The summed E-state index contributed by atoms with van der Waals surface area (Å²) in [7, 11) is 0. The van der Waals surface area contributed by atoms with Gasteiger partial charge in [-0.2, -0.15) is 0 Å². The van der Waals surface area contributed by atoms with Gasteiger partial charge in [0, 0.05) is 17.8 Å². The molecule has 0 spiro atoms. The Balaban J connectivity index is 2.77. The number of aliphatic hydroxyl groups is 1. The van der Waals surface area contributed by atoms with E-state index in [0.29, 0.717) is 11.3 Å². The molecular formula is C11H16N2O2. The van der Waals surface area contributed by atoms with Gasteiger partial charge in [0.25, 0.3) is 5.91 Å². The Bertz CT molecular complexity index is 362. The first kappa shape index (κ1) is 11.5. The monoisotopic (exact) mass is 208 g/mol. The van der Waals surface area contributed by atoms with E-state index in [4.69, 9.17) is 10.8 Å². The van der Waals surface area contributed by atoms with Crippen molar-refractivity contribution in [1.82, 2.24) is 5.32 Å². The number of hydrogen-bond acceptors (Lipinski definition) is 3. The summed E-state index contributed by atoms with van der Waals surface area (Å²) in [6.45, 7) is 3.70. The number of nitrogens with two attached hydrogens (primary N) is 1. The molecular weight excluding hydrogens is 192 g/mol. The molecule has 0 aliphatic rings. The molecule has 0 heterocycles.